The molecule has 3 heterocycles. The number of fused-ring (bicyclic) bond motifs is 1. The first kappa shape index (κ1) is 21.6. The van der Waals surface area contributed by atoms with Crippen LogP contribution < -0.4 is 21.1 Å². The van der Waals surface area contributed by atoms with Crippen LogP contribution in [0.1, 0.15) is 38.2 Å². The van der Waals surface area contributed by atoms with Crippen molar-refractivity contribution in [3.8, 4) is 0 Å². The van der Waals surface area contributed by atoms with Gasteiger partial charge < -0.3 is 15.5 Å². The minimum Gasteiger partial charge on any atom is -0.342 e. The molecule has 3 N–H and O–H groups in total. The van der Waals surface area contributed by atoms with Crippen molar-refractivity contribution in [2.45, 2.75) is 32.6 Å². The number of nitrogens with one attached hydrogen (secondary N) is 3. The molecule has 1 aromatic heterocycles. The van der Waals surface area contributed by atoms with Gasteiger partial charge in [0.05, 0.1) is 21.5 Å². The summed E-state index contributed by atoms with van der Waals surface area (Å²) >= 11 is 11.9. The molecule has 1 fully saturated rings. The van der Waals surface area contributed by atoms with Crippen LogP contribution in [-0.2, 0) is 9.59 Å². The zero-order valence-corrected chi connectivity index (χ0v) is 18.7. The summed E-state index contributed by atoms with van der Waals surface area (Å²) < 4.78 is 0. The average molecular weight is 464 g/mol. The van der Waals surface area contributed by atoms with Crippen LogP contribution in [0.4, 0.5) is 17.5 Å². The summed E-state index contributed by atoms with van der Waals surface area (Å²) in [5, 5.41) is 6.00. The molecule has 8 nitrogen and oxygen atoms in total. The number of carbonyl (C=O) groups is 2. The van der Waals surface area contributed by atoms with Crippen LogP contribution in [0.2, 0.25) is 10.0 Å². The van der Waals surface area contributed by atoms with Gasteiger partial charge in [-0.05, 0) is 36.5 Å². The topological polar surface area (TPSA) is 107 Å². The van der Waals surface area contributed by atoms with Crippen LogP contribution in [0.5, 0.6) is 0 Å². The fraction of sp³-hybridized carbons (Fsp3) is 0.429. The van der Waals surface area contributed by atoms with E-state index in [1.54, 1.807) is 12.1 Å². The molecule has 0 radical (unpaired) electrons. The standard InChI is InChI=1S/C21H23Cl2N5O3/c1-10-5-11(2)9-28(8-10)21-26-18-17(20(31)27-21)13(7-16(29)25-18)19(30)24-12-3-4-14(22)15(23)6-12/h3-4,6,10-11,13H,5,7-9H2,1-2H3,(H,24,30)(H2,25,26,27,29,31). The van der Waals surface area contributed by atoms with Crippen LogP contribution in [0.15, 0.2) is 23.0 Å². The van der Waals surface area contributed by atoms with Crippen LogP contribution in [-0.4, -0.2) is 34.9 Å². The van der Waals surface area contributed by atoms with Gasteiger partial charge in [-0.2, -0.15) is 4.98 Å². The lowest BCUT2D eigenvalue weighted by molar-refractivity contribution is -0.123. The summed E-state index contributed by atoms with van der Waals surface area (Å²) in [7, 11) is 0. The number of aromatic amines is 1. The number of hydrogen-bond acceptors (Lipinski definition) is 5. The van der Waals surface area contributed by atoms with Crippen molar-refractivity contribution < 1.29 is 9.59 Å². The van der Waals surface area contributed by atoms with Gasteiger partial charge in [-0.1, -0.05) is 37.0 Å². The van der Waals surface area contributed by atoms with Gasteiger partial charge in [0.15, 0.2) is 0 Å². The van der Waals surface area contributed by atoms with Gasteiger partial charge in [-0.15, -0.1) is 0 Å². The van der Waals surface area contributed by atoms with Crippen molar-refractivity contribution in [2.24, 2.45) is 11.8 Å². The number of aromatic nitrogens is 2. The number of amides is 2. The van der Waals surface area contributed by atoms with Crippen molar-refractivity contribution in [3.63, 3.8) is 0 Å². The predicted molar refractivity (Wildman–Crippen MR) is 121 cm³/mol. The quantitative estimate of drug-likeness (QED) is 0.643. The van der Waals surface area contributed by atoms with Gasteiger partial charge in [0.1, 0.15) is 5.82 Å². The second-order valence-electron chi connectivity index (χ2n) is 8.43. The molecule has 0 bridgehead atoms. The molecule has 2 amide bonds. The van der Waals surface area contributed by atoms with Gasteiger partial charge in [0, 0.05) is 25.2 Å². The van der Waals surface area contributed by atoms with Crippen molar-refractivity contribution in [1.82, 2.24) is 9.97 Å². The third-order valence-corrected chi connectivity index (χ3v) is 6.35. The first-order valence-electron chi connectivity index (χ1n) is 10.2. The number of rotatable bonds is 3. The van der Waals surface area contributed by atoms with Gasteiger partial charge in [-0.3, -0.25) is 19.4 Å². The molecule has 0 spiro atoms. The smallest absolute Gasteiger partial charge is 0.258 e. The average Bonchev–Trinajstić information content (AvgIpc) is 2.69. The summed E-state index contributed by atoms with van der Waals surface area (Å²) in [6.07, 6.45) is 0.960. The van der Waals surface area contributed by atoms with Crippen LogP contribution in [0.3, 0.4) is 0 Å². The molecule has 0 saturated carbocycles. The summed E-state index contributed by atoms with van der Waals surface area (Å²) in [6.45, 7) is 5.84. The molecule has 31 heavy (non-hydrogen) atoms. The second kappa shape index (κ2) is 8.51. The van der Waals surface area contributed by atoms with Crippen molar-refractivity contribution in [3.05, 3.63) is 44.2 Å². The Morgan fingerprint density at radius 3 is 2.55 bits per heavy atom. The molecule has 0 aliphatic carbocycles. The van der Waals surface area contributed by atoms with Crippen LogP contribution >= 0.6 is 23.2 Å². The zero-order valence-electron chi connectivity index (χ0n) is 17.2. The third-order valence-electron chi connectivity index (χ3n) is 5.61. The lowest BCUT2D eigenvalue weighted by Gasteiger charge is -2.35. The van der Waals surface area contributed by atoms with E-state index >= 15 is 0 Å². The number of benzene rings is 1. The minimum absolute atomic E-state index is 0.134. The molecule has 1 aromatic carbocycles. The number of hydrogen-bond donors (Lipinski definition) is 3. The number of piperidine rings is 1. The highest BCUT2D eigenvalue weighted by Gasteiger charge is 2.35. The summed E-state index contributed by atoms with van der Waals surface area (Å²) in [4.78, 5) is 47.5. The van der Waals surface area contributed by atoms with Gasteiger partial charge in [-0.25, -0.2) is 0 Å². The molecule has 4 rings (SSSR count). The molecule has 3 atom stereocenters. The van der Waals surface area contributed by atoms with E-state index in [1.807, 2.05) is 4.90 Å². The van der Waals surface area contributed by atoms with Gasteiger partial charge in [0.25, 0.3) is 5.56 Å². The number of halogens is 2. The van der Waals surface area contributed by atoms with E-state index in [4.69, 9.17) is 23.2 Å². The maximum atomic E-state index is 13.0. The predicted octanol–water partition coefficient (Wildman–Crippen LogP) is 3.62. The van der Waals surface area contributed by atoms with Gasteiger partial charge in [0.2, 0.25) is 17.8 Å². The van der Waals surface area contributed by atoms with Crippen molar-refractivity contribution in [2.75, 3.05) is 28.6 Å². The van der Waals surface area contributed by atoms with Crippen LogP contribution in [0, 0.1) is 11.8 Å². The molecule has 2 aromatic rings. The van der Waals surface area contributed by atoms with Gasteiger partial charge >= 0.3 is 0 Å². The number of nitrogens with zero attached hydrogens (tertiary/aromatic N) is 2. The number of anilines is 3. The van der Waals surface area contributed by atoms with E-state index < -0.39 is 17.4 Å². The molecule has 2 aliphatic heterocycles. The first-order chi connectivity index (χ1) is 14.7. The third kappa shape index (κ3) is 4.55. The normalized spacial score (nSPS) is 23.2. The largest absolute Gasteiger partial charge is 0.342 e. The highest BCUT2D eigenvalue weighted by Crippen LogP contribution is 2.32. The number of carbonyl (C=O) groups excluding carboxylic acids is 2. The summed E-state index contributed by atoms with van der Waals surface area (Å²) in [5.74, 6) is -0.361. The van der Waals surface area contributed by atoms with E-state index in [0.29, 0.717) is 28.5 Å². The molecule has 2 aliphatic rings. The second-order valence-corrected chi connectivity index (χ2v) is 9.24. The highest BCUT2D eigenvalue weighted by molar-refractivity contribution is 6.42. The molecule has 10 heteroatoms. The zero-order chi connectivity index (χ0) is 22.3. The van der Waals surface area contributed by atoms with E-state index in [-0.39, 0.29) is 28.7 Å². The fourth-order valence-electron chi connectivity index (χ4n) is 4.37. The Labute approximate surface area is 189 Å². The Kier molecular flexibility index (Phi) is 5.94. The Morgan fingerprint density at radius 2 is 1.87 bits per heavy atom. The molecular weight excluding hydrogens is 441 g/mol. The Bertz CT molecular complexity index is 1090. The highest BCUT2D eigenvalue weighted by atomic mass is 35.5. The molecule has 3 unspecified atom stereocenters. The fourth-order valence-corrected chi connectivity index (χ4v) is 4.67. The van der Waals surface area contributed by atoms with E-state index in [2.05, 4.69) is 34.4 Å². The molecule has 1 saturated heterocycles. The Morgan fingerprint density at radius 1 is 1.16 bits per heavy atom. The van der Waals surface area contributed by atoms with Crippen LogP contribution in [0.25, 0.3) is 0 Å². The minimum atomic E-state index is -0.970. The Balaban J connectivity index is 1.64. The summed E-state index contributed by atoms with van der Waals surface area (Å²) in [6, 6.07) is 4.67. The first-order valence-corrected chi connectivity index (χ1v) is 10.9. The van der Waals surface area contributed by atoms with E-state index in [0.717, 1.165) is 19.5 Å². The maximum Gasteiger partial charge on any atom is 0.258 e. The monoisotopic (exact) mass is 463 g/mol. The van der Waals surface area contributed by atoms with E-state index in [1.165, 1.54) is 6.07 Å². The lowest BCUT2D eigenvalue weighted by atomic mass is 9.91. The lowest BCUT2D eigenvalue weighted by Crippen LogP contribution is -2.42. The summed E-state index contributed by atoms with van der Waals surface area (Å²) in [5.41, 5.74) is 0.142. The van der Waals surface area contributed by atoms with Crippen molar-refractivity contribution in [1.29, 1.82) is 0 Å². The molecule has 164 valence electrons. The molecular formula is C21H23Cl2N5O3. The van der Waals surface area contributed by atoms with E-state index in [9.17, 15) is 14.4 Å². The number of H-pyrrole nitrogens is 1. The van der Waals surface area contributed by atoms with Crippen molar-refractivity contribution >= 4 is 52.5 Å². The maximum absolute atomic E-state index is 13.0. The Hall–Kier alpha value is -2.58. The SMILES string of the molecule is CC1CC(C)CN(c2nc3c(c(=O)[nH]2)C(C(=O)Nc2ccc(Cl)c(Cl)c2)CC(=O)N3)C1.